The lowest BCUT2D eigenvalue weighted by molar-refractivity contribution is 0.0951. The van der Waals surface area contributed by atoms with E-state index < -0.39 is 0 Å². The van der Waals surface area contributed by atoms with Gasteiger partial charge < -0.3 is 10.2 Å². The van der Waals surface area contributed by atoms with E-state index in [1.807, 2.05) is 37.2 Å². The number of pyridine rings is 2. The van der Waals surface area contributed by atoms with Crippen LogP contribution in [0.4, 0.5) is 0 Å². The average Bonchev–Trinajstić information content (AvgIpc) is 2.48. The minimum Gasteiger partial charge on any atom is -0.351 e. The van der Waals surface area contributed by atoms with E-state index in [0.29, 0.717) is 17.8 Å². The molecule has 1 N–H and O–H groups in total. The highest BCUT2D eigenvalue weighted by Crippen LogP contribution is 2.14. The van der Waals surface area contributed by atoms with Gasteiger partial charge in [-0.25, -0.2) is 0 Å². The van der Waals surface area contributed by atoms with E-state index in [-0.39, 0.29) is 5.91 Å². The molecule has 2 heterocycles. The SMILES string of the molecule is CN(C)CCNC(=O)c1ccnc(-c2ccccn2)c1. The predicted molar refractivity (Wildman–Crippen MR) is 78.4 cm³/mol. The molecule has 0 atom stereocenters. The maximum Gasteiger partial charge on any atom is 0.251 e. The van der Waals surface area contributed by atoms with Crippen LogP contribution in [0.2, 0.25) is 0 Å². The van der Waals surface area contributed by atoms with Crippen molar-refractivity contribution in [2.24, 2.45) is 0 Å². The second-order valence-corrected chi connectivity index (χ2v) is 4.70. The number of likely N-dealkylation sites (N-methyl/N-ethyl adjacent to an activating group) is 1. The molecule has 5 nitrogen and oxygen atoms in total. The average molecular weight is 270 g/mol. The number of carbonyl (C=O) groups is 1. The number of carbonyl (C=O) groups excluding carboxylic acids is 1. The molecule has 2 aromatic rings. The second-order valence-electron chi connectivity index (χ2n) is 4.70. The summed E-state index contributed by atoms with van der Waals surface area (Å²) < 4.78 is 0. The fraction of sp³-hybridized carbons (Fsp3) is 0.267. The molecule has 0 fully saturated rings. The Morgan fingerprint density at radius 2 is 1.95 bits per heavy atom. The van der Waals surface area contributed by atoms with E-state index in [2.05, 4.69) is 15.3 Å². The third-order valence-electron chi connectivity index (χ3n) is 2.79. The van der Waals surface area contributed by atoms with E-state index in [9.17, 15) is 4.79 Å². The Bertz CT molecular complexity index is 569. The highest BCUT2D eigenvalue weighted by atomic mass is 16.1. The summed E-state index contributed by atoms with van der Waals surface area (Å²) in [5.41, 5.74) is 2.06. The quantitative estimate of drug-likeness (QED) is 0.893. The molecule has 1 amide bonds. The fourth-order valence-corrected chi connectivity index (χ4v) is 1.72. The van der Waals surface area contributed by atoms with Gasteiger partial charge in [0.2, 0.25) is 0 Å². The molecule has 0 saturated heterocycles. The Hall–Kier alpha value is -2.27. The number of nitrogens with one attached hydrogen (secondary N) is 1. The molecule has 0 bridgehead atoms. The lowest BCUT2D eigenvalue weighted by Crippen LogP contribution is -2.31. The minimum absolute atomic E-state index is 0.0913. The Labute approximate surface area is 118 Å². The van der Waals surface area contributed by atoms with Crippen molar-refractivity contribution in [3.8, 4) is 11.4 Å². The van der Waals surface area contributed by atoms with Gasteiger partial charge >= 0.3 is 0 Å². The van der Waals surface area contributed by atoms with Gasteiger partial charge in [0.05, 0.1) is 11.4 Å². The van der Waals surface area contributed by atoms with Crippen molar-refractivity contribution in [2.45, 2.75) is 0 Å². The Kier molecular flexibility index (Phi) is 4.79. The summed E-state index contributed by atoms with van der Waals surface area (Å²) in [6, 6.07) is 9.08. The molecule has 104 valence electrons. The third-order valence-corrected chi connectivity index (χ3v) is 2.79. The van der Waals surface area contributed by atoms with Crippen molar-refractivity contribution in [1.29, 1.82) is 0 Å². The standard InChI is InChI=1S/C15H18N4O/c1-19(2)10-9-18-15(20)12-6-8-17-14(11-12)13-5-3-4-7-16-13/h3-8,11H,9-10H2,1-2H3,(H,18,20). The molecule has 0 aliphatic rings. The lowest BCUT2D eigenvalue weighted by atomic mass is 10.1. The molecule has 0 unspecified atom stereocenters. The molecule has 0 saturated carbocycles. The molecule has 2 rings (SSSR count). The van der Waals surface area contributed by atoms with Gasteiger partial charge in [-0.1, -0.05) is 6.07 Å². The first-order valence-electron chi connectivity index (χ1n) is 6.47. The number of amides is 1. The topological polar surface area (TPSA) is 58.1 Å². The van der Waals surface area contributed by atoms with Crippen LogP contribution in [0.3, 0.4) is 0 Å². The zero-order valence-corrected chi connectivity index (χ0v) is 11.7. The molecular formula is C15H18N4O. The summed E-state index contributed by atoms with van der Waals surface area (Å²) in [5, 5.41) is 2.88. The molecule has 0 spiro atoms. The minimum atomic E-state index is -0.0913. The summed E-state index contributed by atoms with van der Waals surface area (Å²) in [4.78, 5) is 22.5. The first-order valence-corrected chi connectivity index (χ1v) is 6.47. The number of aromatic nitrogens is 2. The monoisotopic (exact) mass is 270 g/mol. The molecule has 0 aromatic carbocycles. The highest BCUT2D eigenvalue weighted by molar-refractivity contribution is 5.94. The molecule has 0 radical (unpaired) electrons. The van der Waals surface area contributed by atoms with Crippen LogP contribution in [0.15, 0.2) is 42.7 Å². The smallest absolute Gasteiger partial charge is 0.251 e. The maximum absolute atomic E-state index is 12.0. The van der Waals surface area contributed by atoms with Crippen LogP contribution in [-0.2, 0) is 0 Å². The molecule has 2 aromatic heterocycles. The van der Waals surface area contributed by atoms with Gasteiger partial charge in [0.25, 0.3) is 5.91 Å². The van der Waals surface area contributed by atoms with Gasteiger partial charge in [-0.05, 0) is 38.4 Å². The van der Waals surface area contributed by atoms with Crippen molar-refractivity contribution in [3.05, 3.63) is 48.3 Å². The van der Waals surface area contributed by atoms with Crippen LogP contribution in [0.5, 0.6) is 0 Å². The van der Waals surface area contributed by atoms with Gasteiger partial charge in [-0.15, -0.1) is 0 Å². The van der Waals surface area contributed by atoms with Gasteiger partial charge in [0, 0.05) is 31.0 Å². The van der Waals surface area contributed by atoms with Crippen LogP contribution in [0.1, 0.15) is 10.4 Å². The van der Waals surface area contributed by atoms with E-state index in [1.165, 1.54) is 0 Å². The Morgan fingerprint density at radius 3 is 2.65 bits per heavy atom. The first-order chi connectivity index (χ1) is 9.66. The summed E-state index contributed by atoms with van der Waals surface area (Å²) in [6.07, 6.45) is 3.34. The number of nitrogens with zero attached hydrogens (tertiary/aromatic N) is 3. The summed E-state index contributed by atoms with van der Waals surface area (Å²) in [5.74, 6) is -0.0913. The Morgan fingerprint density at radius 1 is 1.15 bits per heavy atom. The van der Waals surface area contributed by atoms with Gasteiger partial charge in [-0.2, -0.15) is 0 Å². The predicted octanol–water partition coefficient (Wildman–Crippen LogP) is 1.44. The van der Waals surface area contributed by atoms with Crippen LogP contribution in [0.25, 0.3) is 11.4 Å². The van der Waals surface area contributed by atoms with Gasteiger partial charge in [0.1, 0.15) is 0 Å². The first kappa shape index (κ1) is 14.1. The van der Waals surface area contributed by atoms with Crippen molar-refractivity contribution >= 4 is 5.91 Å². The third kappa shape index (κ3) is 3.86. The van der Waals surface area contributed by atoms with Crippen molar-refractivity contribution < 1.29 is 4.79 Å². The summed E-state index contributed by atoms with van der Waals surface area (Å²) in [6.45, 7) is 1.43. The number of hydrogen-bond donors (Lipinski definition) is 1. The van der Waals surface area contributed by atoms with E-state index in [1.54, 1.807) is 24.5 Å². The van der Waals surface area contributed by atoms with Crippen molar-refractivity contribution in [2.75, 3.05) is 27.2 Å². The lowest BCUT2D eigenvalue weighted by Gasteiger charge is -2.10. The van der Waals surface area contributed by atoms with Gasteiger partial charge in [0.15, 0.2) is 0 Å². The van der Waals surface area contributed by atoms with Crippen molar-refractivity contribution in [1.82, 2.24) is 20.2 Å². The number of rotatable bonds is 5. The van der Waals surface area contributed by atoms with Crippen LogP contribution >= 0.6 is 0 Å². The number of hydrogen-bond acceptors (Lipinski definition) is 4. The maximum atomic E-state index is 12.0. The zero-order valence-electron chi connectivity index (χ0n) is 11.7. The van der Waals surface area contributed by atoms with Gasteiger partial charge in [-0.3, -0.25) is 14.8 Å². The summed E-state index contributed by atoms with van der Waals surface area (Å²) >= 11 is 0. The second kappa shape index (κ2) is 6.77. The van der Waals surface area contributed by atoms with Crippen LogP contribution in [-0.4, -0.2) is 48.0 Å². The summed E-state index contributed by atoms with van der Waals surface area (Å²) in [7, 11) is 3.94. The highest BCUT2D eigenvalue weighted by Gasteiger charge is 2.08. The normalized spacial score (nSPS) is 10.6. The van der Waals surface area contributed by atoms with Crippen LogP contribution < -0.4 is 5.32 Å². The molecule has 0 aliphatic heterocycles. The van der Waals surface area contributed by atoms with E-state index >= 15 is 0 Å². The Balaban J connectivity index is 2.08. The zero-order chi connectivity index (χ0) is 14.4. The van der Waals surface area contributed by atoms with E-state index in [0.717, 1.165) is 12.2 Å². The van der Waals surface area contributed by atoms with E-state index in [4.69, 9.17) is 0 Å². The molecular weight excluding hydrogens is 252 g/mol. The van der Waals surface area contributed by atoms with Crippen molar-refractivity contribution in [3.63, 3.8) is 0 Å². The molecule has 20 heavy (non-hydrogen) atoms. The molecule has 0 aliphatic carbocycles. The molecule has 5 heteroatoms. The largest absolute Gasteiger partial charge is 0.351 e. The van der Waals surface area contributed by atoms with Crippen LogP contribution in [0, 0.1) is 0 Å². The fourth-order valence-electron chi connectivity index (χ4n) is 1.72.